The van der Waals surface area contributed by atoms with E-state index in [1.165, 1.54) is 7.11 Å². The summed E-state index contributed by atoms with van der Waals surface area (Å²) < 4.78 is 36.3. The van der Waals surface area contributed by atoms with Crippen LogP contribution < -0.4 is 9.80 Å². The average Bonchev–Trinajstić information content (AvgIpc) is 2.77. The average molecular weight is 503 g/mol. The maximum Gasteiger partial charge on any atom is 0.240 e. The maximum atomic E-state index is 12.3. The van der Waals surface area contributed by atoms with Gasteiger partial charge in [0.1, 0.15) is 11.3 Å². The molecule has 2 aromatic carbocycles. The van der Waals surface area contributed by atoms with Crippen LogP contribution in [0, 0.1) is 6.92 Å². The summed E-state index contributed by atoms with van der Waals surface area (Å²) >= 11 is 11.7. The number of nitrogens with zero attached hydrogens (tertiary/aromatic N) is 2. The summed E-state index contributed by atoms with van der Waals surface area (Å²) in [6.07, 6.45) is -1.60. The number of halogens is 2. The first kappa shape index (κ1) is 26.7. The lowest BCUT2D eigenvalue weighted by Crippen LogP contribution is -2.38. The highest BCUT2D eigenvalue weighted by molar-refractivity contribution is 7.92. The Hall–Kier alpha value is -1.51. The van der Waals surface area contributed by atoms with Gasteiger partial charge < -0.3 is 19.3 Å². The molecule has 6 nitrogen and oxygen atoms in total. The molecule has 0 saturated heterocycles. The Bertz CT molecular complexity index is 966. The van der Waals surface area contributed by atoms with Crippen LogP contribution in [0.3, 0.4) is 0 Å². The number of ether oxygens (including phenoxy) is 2. The Labute approximate surface area is 201 Å². The standard InChI is InChI=1S/C23H32Cl2N2O4S/c1-6-27(7-2)20-12-13-21(17(3)14-20)26(4)23(30-5)31-22(15-32(28,29)16-24)18-8-10-19(25)11-9-18/h8-14,22-23H,6-7,15-16H2,1-5H3. The topological polar surface area (TPSA) is 59.1 Å². The van der Waals surface area contributed by atoms with Gasteiger partial charge in [-0.15, -0.1) is 11.6 Å². The number of anilines is 2. The third-order valence-electron chi connectivity index (χ3n) is 5.30. The second-order valence-electron chi connectivity index (χ2n) is 7.49. The quantitative estimate of drug-likeness (QED) is 0.292. The molecule has 0 aromatic heterocycles. The second-order valence-corrected chi connectivity index (χ2v) is 10.6. The fourth-order valence-electron chi connectivity index (χ4n) is 3.55. The van der Waals surface area contributed by atoms with E-state index in [0.29, 0.717) is 10.6 Å². The first-order chi connectivity index (χ1) is 15.1. The molecule has 0 radical (unpaired) electrons. The number of rotatable bonds is 12. The summed E-state index contributed by atoms with van der Waals surface area (Å²) in [5.41, 5.74) is 3.79. The molecule has 0 saturated carbocycles. The van der Waals surface area contributed by atoms with Crippen LogP contribution in [0.1, 0.15) is 31.1 Å². The molecule has 178 valence electrons. The van der Waals surface area contributed by atoms with E-state index >= 15 is 0 Å². The van der Waals surface area contributed by atoms with Crippen molar-refractivity contribution in [3.63, 3.8) is 0 Å². The van der Waals surface area contributed by atoms with Gasteiger partial charge in [0, 0.05) is 43.6 Å². The van der Waals surface area contributed by atoms with E-state index in [1.807, 2.05) is 24.9 Å². The molecule has 0 spiro atoms. The number of methoxy groups -OCH3 is 1. The van der Waals surface area contributed by atoms with Gasteiger partial charge in [-0.1, -0.05) is 23.7 Å². The van der Waals surface area contributed by atoms with Crippen molar-refractivity contribution in [1.29, 1.82) is 0 Å². The van der Waals surface area contributed by atoms with Crippen LogP contribution >= 0.6 is 23.2 Å². The molecule has 0 N–H and O–H groups in total. The molecule has 0 aliphatic carbocycles. The van der Waals surface area contributed by atoms with E-state index in [1.54, 1.807) is 24.3 Å². The van der Waals surface area contributed by atoms with Crippen LogP contribution in [0.15, 0.2) is 42.5 Å². The lowest BCUT2D eigenvalue weighted by atomic mass is 10.1. The lowest BCUT2D eigenvalue weighted by Gasteiger charge is -2.33. The van der Waals surface area contributed by atoms with Crippen LogP contribution in [0.25, 0.3) is 0 Å². The summed E-state index contributed by atoms with van der Waals surface area (Å²) in [4.78, 5) is 4.12. The molecule has 0 amide bonds. The molecule has 0 heterocycles. The third kappa shape index (κ3) is 6.99. The molecule has 0 fully saturated rings. The molecular formula is C23H32Cl2N2O4S. The summed E-state index contributed by atoms with van der Waals surface area (Å²) in [5, 5.41) is 0.0666. The molecule has 0 aliphatic rings. The van der Waals surface area contributed by atoms with E-state index in [-0.39, 0.29) is 5.75 Å². The molecule has 9 heteroatoms. The van der Waals surface area contributed by atoms with Gasteiger partial charge in [-0.05, 0) is 62.2 Å². The van der Waals surface area contributed by atoms with Crippen LogP contribution in [0.4, 0.5) is 11.4 Å². The molecule has 2 unspecified atom stereocenters. The zero-order chi connectivity index (χ0) is 23.9. The molecule has 2 aromatic rings. The van der Waals surface area contributed by atoms with Gasteiger partial charge in [-0.3, -0.25) is 0 Å². The fourth-order valence-corrected chi connectivity index (χ4v) is 4.76. The van der Waals surface area contributed by atoms with Gasteiger partial charge in [0.05, 0.1) is 5.75 Å². The molecular weight excluding hydrogens is 471 g/mol. The largest absolute Gasteiger partial charge is 0.372 e. The Morgan fingerprint density at radius 1 is 1.06 bits per heavy atom. The first-order valence-electron chi connectivity index (χ1n) is 10.4. The monoisotopic (exact) mass is 502 g/mol. The Balaban J connectivity index is 2.32. The van der Waals surface area contributed by atoms with Crippen molar-refractivity contribution in [3.05, 3.63) is 58.6 Å². The van der Waals surface area contributed by atoms with Crippen LogP contribution in [0.2, 0.25) is 5.02 Å². The van der Waals surface area contributed by atoms with Crippen LogP contribution in [-0.2, 0) is 19.3 Å². The van der Waals surface area contributed by atoms with E-state index in [0.717, 1.165) is 30.0 Å². The van der Waals surface area contributed by atoms with Crippen molar-refractivity contribution in [2.45, 2.75) is 33.3 Å². The Morgan fingerprint density at radius 3 is 2.19 bits per heavy atom. The first-order valence-corrected chi connectivity index (χ1v) is 13.2. The van der Waals surface area contributed by atoms with Gasteiger partial charge >= 0.3 is 0 Å². The van der Waals surface area contributed by atoms with Gasteiger partial charge in [-0.25, -0.2) is 8.42 Å². The summed E-state index contributed by atoms with van der Waals surface area (Å²) in [7, 11) is -0.149. The van der Waals surface area contributed by atoms with Gasteiger partial charge in [0.2, 0.25) is 6.41 Å². The third-order valence-corrected chi connectivity index (χ3v) is 7.69. The smallest absolute Gasteiger partial charge is 0.240 e. The Morgan fingerprint density at radius 2 is 1.69 bits per heavy atom. The molecule has 2 atom stereocenters. The minimum Gasteiger partial charge on any atom is -0.372 e. The van der Waals surface area contributed by atoms with E-state index in [2.05, 4.69) is 30.9 Å². The van der Waals surface area contributed by atoms with Crippen molar-refractivity contribution in [2.75, 3.05) is 48.0 Å². The number of sulfone groups is 1. The van der Waals surface area contributed by atoms with Crippen LogP contribution in [0.5, 0.6) is 0 Å². The molecule has 0 aliphatic heterocycles. The highest BCUT2D eigenvalue weighted by Crippen LogP contribution is 2.30. The zero-order valence-electron chi connectivity index (χ0n) is 19.2. The second kappa shape index (κ2) is 12.1. The normalized spacial score (nSPS) is 13.6. The van der Waals surface area contributed by atoms with E-state index in [4.69, 9.17) is 32.7 Å². The van der Waals surface area contributed by atoms with Crippen molar-refractivity contribution in [1.82, 2.24) is 0 Å². The number of hydrogen-bond donors (Lipinski definition) is 0. The SMILES string of the molecule is CCN(CC)c1ccc(N(C)C(OC)OC(CS(=O)(=O)CCl)c2ccc(Cl)cc2)c(C)c1. The molecule has 2 rings (SSSR count). The minimum absolute atomic E-state index is 0.272. The van der Waals surface area contributed by atoms with Gasteiger partial charge in [0.25, 0.3) is 0 Å². The molecule has 0 bridgehead atoms. The maximum absolute atomic E-state index is 12.3. The highest BCUT2D eigenvalue weighted by Gasteiger charge is 2.27. The summed E-state index contributed by atoms with van der Waals surface area (Å²) in [5.74, 6) is -0.272. The minimum atomic E-state index is -3.52. The van der Waals surface area contributed by atoms with Crippen molar-refractivity contribution in [3.8, 4) is 0 Å². The van der Waals surface area contributed by atoms with E-state index in [9.17, 15) is 8.42 Å². The fraction of sp³-hybridized carbons (Fsp3) is 0.478. The van der Waals surface area contributed by atoms with Crippen molar-refractivity contribution < 1.29 is 17.9 Å². The van der Waals surface area contributed by atoms with Gasteiger partial charge in [0.15, 0.2) is 9.84 Å². The summed E-state index contributed by atoms with van der Waals surface area (Å²) in [6.45, 7) is 8.12. The van der Waals surface area contributed by atoms with E-state index < -0.39 is 27.6 Å². The number of hydrogen-bond acceptors (Lipinski definition) is 6. The highest BCUT2D eigenvalue weighted by atomic mass is 35.5. The predicted molar refractivity (Wildman–Crippen MR) is 134 cm³/mol. The van der Waals surface area contributed by atoms with Crippen LogP contribution in [-0.4, -0.2) is 53.0 Å². The van der Waals surface area contributed by atoms with Crippen molar-refractivity contribution >= 4 is 44.4 Å². The van der Waals surface area contributed by atoms with Gasteiger partial charge in [-0.2, -0.15) is 0 Å². The lowest BCUT2D eigenvalue weighted by molar-refractivity contribution is -0.149. The number of alkyl halides is 1. The zero-order valence-corrected chi connectivity index (χ0v) is 21.5. The predicted octanol–water partition coefficient (Wildman–Crippen LogP) is 5.23. The number of benzene rings is 2. The molecule has 32 heavy (non-hydrogen) atoms. The summed E-state index contributed by atoms with van der Waals surface area (Å²) in [6, 6.07) is 13.1. The number of aryl methyl sites for hydroxylation is 1. The van der Waals surface area contributed by atoms with Crippen molar-refractivity contribution in [2.24, 2.45) is 0 Å². The Kier molecular flexibility index (Phi) is 10.1.